The van der Waals surface area contributed by atoms with E-state index in [-0.39, 0.29) is 48.8 Å². The Labute approximate surface area is 176 Å². The van der Waals surface area contributed by atoms with Crippen LogP contribution in [0.25, 0.3) is 0 Å². The van der Waals surface area contributed by atoms with Crippen molar-refractivity contribution in [2.45, 2.75) is 25.4 Å². The Morgan fingerprint density at radius 3 is 2.21 bits per heavy atom. The van der Waals surface area contributed by atoms with Crippen molar-refractivity contribution < 1.29 is 27.4 Å². The van der Waals surface area contributed by atoms with Crippen LogP contribution in [0.1, 0.15) is 18.1 Å². The Kier molecular flexibility index (Phi) is 8.48. The number of hydrogen-bond donors (Lipinski definition) is 3. The molecule has 0 fully saturated rings. The van der Waals surface area contributed by atoms with E-state index in [4.69, 9.17) is 5.73 Å². The molecule has 0 spiro atoms. The minimum absolute atomic E-state index is 0. The number of nitrogens with two attached hydrogens (primary N) is 1. The predicted octanol–water partition coefficient (Wildman–Crippen LogP) is 3.65. The lowest BCUT2D eigenvalue weighted by molar-refractivity contribution is -0.274. The van der Waals surface area contributed by atoms with Gasteiger partial charge in [-0.1, -0.05) is 24.3 Å². The first-order chi connectivity index (χ1) is 12.5. The van der Waals surface area contributed by atoms with Crippen molar-refractivity contribution in [1.82, 2.24) is 5.32 Å². The summed E-state index contributed by atoms with van der Waals surface area (Å²) in [5.74, 6) is -0.681. The van der Waals surface area contributed by atoms with Gasteiger partial charge in [0.05, 0.1) is 13.1 Å². The van der Waals surface area contributed by atoms with E-state index in [0.29, 0.717) is 11.1 Å². The Hall–Kier alpha value is -2.08. The summed E-state index contributed by atoms with van der Waals surface area (Å²) in [5, 5.41) is 13.2. The second kappa shape index (κ2) is 9.92. The quantitative estimate of drug-likeness (QED) is 0.239. The molecule has 0 radical (unpaired) electrons. The molecule has 2 aromatic rings. The van der Waals surface area contributed by atoms with Gasteiger partial charge in [0.2, 0.25) is 0 Å². The molecule has 0 aliphatic carbocycles. The molecule has 0 amide bonds. The normalized spacial score (nSPS) is 14.0. The maximum Gasteiger partial charge on any atom is 0.573 e. The zero-order chi connectivity index (χ0) is 20.1. The topological polar surface area (TPSA) is 79.9 Å². The average molecular weight is 513 g/mol. The molecule has 1 atom stereocenters. The van der Waals surface area contributed by atoms with E-state index >= 15 is 0 Å². The fraction of sp³-hybridized carbons (Fsp3) is 0.278. The fourth-order valence-electron chi connectivity index (χ4n) is 2.20. The number of guanidine groups is 1. The zero-order valence-electron chi connectivity index (χ0n) is 14.8. The number of rotatable bonds is 6. The molecule has 2 rings (SSSR count). The monoisotopic (exact) mass is 513 g/mol. The third kappa shape index (κ3) is 7.89. The number of halogens is 5. The number of aliphatic imine (C=N–C) groups is 1. The van der Waals surface area contributed by atoms with E-state index in [0.717, 1.165) is 0 Å². The van der Waals surface area contributed by atoms with Gasteiger partial charge in [-0.05, 0) is 42.3 Å². The second-order valence-electron chi connectivity index (χ2n) is 6.03. The highest BCUT2D eigenvalue weighted by molar-refractivity contribution is 14.0. The fourth-order valence-corrected chi connectivity index (χ4v) is 2.20. The van der Waals surface area contributed by atoms with Gasteiger partial charge >= 0.3 is 6.36 Å². The summed E-state index contributed by atoms with van der Waals surface area (Å²) in [6.07, 6.45) is -4.74. The van der Waals surface area contributed by atoms with Crippen LogP contribution in [-0.4, -0.2) is 24.0 Å². The van der Waals surface area contributed by atoms with E-state index in [9.17, 15) is 22.7 Å². The number of aliphatic hydroxyl groups is 1. The number of nitrogens with one attached hydrogen (secondary N) is 1. The minimum Gasteiger partial charge on any atom is -0.406 e. The lowest BCUT2D eigenvalue weighted by Gasteiger charge is -2.24. The molecule has 0 heterocycles. The zero-order valence-corrected chi connectivity index (χ0v) is 17.2. The van der Waals surface area contributed by atoms with Crippen molar-refractivity contribution in [3.05, 3.63) is 65.5 Å². The minimum atomic E-state index is -4.74. The summed E-state index contributed by atoms with van der Waals surface area (Å²) in [6.45, 7) is 1.70. The molecule has 1 unspecified atom stereocenters. The molecular formula is C18H20F4IN3O2. The molecule has 0 aliphatic heterocycles. The largest absolute Gasteiger partial charge is 0.573 e. The highest BCUT2D eigenvalue weighted by atomic mass is 127. The SMILES string of the molecule is CC(O)(CNC(N)=NCc1ccc(OC(F)(F)F)cc1)c1ccc(F)cc1.I. The van der Waals surface area contributed by atoms with Crippen LogP contribution in [0.5, 0.6) is 5.75 Å². The van der Waals surface area contributed by atoms with E-state index in [1.165, 1.54) is 48.5 Å². The van der Waals surface area contributed by atoms with Gasteiger partial charge in [0, 0.05) is 0 Å². The lowest BCUT2D eigenvalue weighted by atomic mass is 9.96. The van der Waals surface area contributed by atoms with Gasteiger partial charge in [0.1, 0.15) is 17.2 Å². The van der Waals surface area contributed by atoms with Crippen LogP contribution < -0.4 is 15.8 Å². The van der Waals surface area contributed by atoms with Gasteiger partial charge in [0.25, 0.3) is 0 Å². The Morgan fingerprint density at radius 1 is 1.11 bits per heavy atom. The van der Waals surface area contributed by atoms with Crippen molar-refractivity contribution in [3.63, 3.8) is 0 Å². The number of benzene rings is 2. The maximum atomic E-state index is 13.0. The number of alkyl halides is 3. The number of nitrogens with zero attached hydrogens (tertiary/aromatic N) is 1. The van der Waals surface area contributed by atoms with Gasteiger partial charge in [-0.2, -0.15) is 0 Å². The predicted molar refractivity (Wildman–Crippen MR) is 108 cm³/mol. The molecule has 0 bridgehead atoms. The third-order valence-electron chi connectivity index (χ3n) is 3.67. The van der Waals surface area contributed by atoms with Crippen LogP contribution in [0.4, 0.5) is 17.6 Å². The second-order valence-corrected chi connectivity index (χ2v) is 6.03. The van der Waals surface area contributed by atoms with Crippen LogP contribution in [0, 0.1) is 5.82 Å². The Bertz CT molecular complexity index is 779. The molecular weight excluding hydrogens is 493 g/mol. The molecule has 0 saturated heterocycles. The molecule has 0 aliphatic rings. The molecule has 5 nitrogen and oxygen atoms in total. The van der Waals surface area contributed by atoms with E-state index in [1.807, 2.05) is 0 Å². The van der Waals surface area contributed by atoms with Gasteiger partial charge in [0.15, 0.2) is 5.96 Å². The molecule has 4 N–H and O–H groups in total. The summed E-state index contributed by atoms with van der Waals surface area (Å²) in [7, 11) is 0. The Morgan fingerprint density at radius 2 is 1.68 bits per heavy atom. The highest BCUT2D eigenvalue weighted by Crippen LogP contribution is 2.23. The van der Waals surface area contributed by atoms with Crippen LogP contribution in [0.3, 0.4) is 0 Å². The van der Waals surface area contributed by atoms with Crippen LogP contribution in [0.2, 0.25) is 0 Å². The molecule has 0 saturated carbocycles. The van der Waals surface area contributed by atoms with E-state index in [2.05, 4.69) is 15.0 Å². The molecule has 28 heavy (non-hydrogen) atoms. The first kappa shape index (κ1) is 24.0. The number of hydrogen-bond acceptors (Lipinski definition) is 3. The standard InChI is InChI=1S/C18H19F4N3O2.HI/c1-17(26,13-4-6-14(19)7-5-13)11-25-16(23)24-10-12-2-8-15(9-3-12)27-18(20,21)22;/h2-9,26H,10-11H2,1H3,(H3,23,24,25);1H. The van der Waals surface area contributed by atoms with Crippen LogP contribution in [0.15, 0.2) is 53.5 Å². The van der Waals surface area contributed by atoms with Gasteiger partial charge in [-0.15, -0.1) is 37.1 Å². The summed E-state index contributed by atoms with van der Waals surface area (Å²) in [5.41, 5.74) is 5.57. The maximum absolute atomic E-state index is 13.0. The first-order valence-corrected chi connectivity index (χ1v) is 7.92. The van der Waals surface area contributed by atoms with Crippen molar-refractivity contribution in [2.75, 3.05) is 6.54 Å². The number of ether oxygens (including phenoxy) is 1. The van der Waals surface area contributed by atoms with E-state index < -0.39 is 17.8 Å². The van der Waals surface area contributed by atoms with Crippen molar-refractivity contribution in [3.8, 4) is 5.75 Å². The first-order valence-electron chi connectivity index (χ1n) is 7.92. The molecule has 10 heteroatoms. The van der Waals surface area contributed by atoms with Gasteiger partial charge < -0.3 is 20.9 Å². The summed E-state index contributed by atoms with van der Waals surface area (Å²) >= 11 is 0. The van der Waals surface area contributed by atoms with Crippen LogP contribution in [-0.2, 0) is 12.1 Å². The lowest BCUT2D eigenvalue weighted by Crippen LogP contribution is -2.42. The third-order valence-corrected chi connectivity index (χ3v) is 3.67. The Balaban J connectivity index is 0.00000392. The van der Waals surface area contributed by atoms with Crippen molar-refractivity contribution in [1.29, 1.82) is 0 Å². The van der Waals surface area contributed by atoms with Gasteiger partial charge in [-0.3, -0.25) is 0 Å². The van der Waals surface area contributed by atoms with Gasteiger partial charge in [-0.25, -0.2) is 9.38 Å². The summed E-state index contributed by atoms with van der Waals surface area (Å²) in [4.78, 5) is 4.06. The van der Waals surface area contributed by atoms with Crippen molar-refractivity contribution in [2.24, 2.45) is 10.7 Å². The average Bonchev–Trinajstić information content (AvgIpc) is 2.58. The summed E-state index contributed by atoms with van der Waals surface area (Å²) in [6, 6.07) is 10.7. The van der Waals surface area contributed by atoms with Crippen LogP contribution >= 0.6 is 24.0 Å². The smallest absolute Gasteiger partial charge is 0.406 e. The van der Waals surface area contributed by atoms with Crippen molar-refractivity contribution >= 4 is 29.9 Å². The molecule has 2 aromatic carbocycles. The molecule has 0 aromatic heterocycles. The highest BCUT2D eigenvalue weighted by Gasteiger charge is 2.30. The summed E-state index contributed by atoms with van der Waals surface area (Å²) < 4.78 is 53.1. The molecule has 154 valence electrons. The van der Waals surface area contributed by atoms with E-state index in [1.54, 1.807) is 6.92 Å².